The molecule has 0 bridgehead atoms. The highest BCUT2D eigenvalue weighted by molar-refractivity contribution is 7.09. The topological polar surface area (TPSA) is 119 Å². The molecule has 4 heterocycles. The Balaban J connectivity index is 1.45. The molecule has 0 saturated carbocycles. The zero-order chi connectivity index (χ0) is 17.9. The SMILES string of the molecule is COCc1nc(Cc2noc(CN(C)c3ncnc4nc[nH]c34)n2)cs1. The Kier molecular flexibility index (Phi) is 4.54. The number of anilines is 1. The van der Waals surface area contributed by atoms with Crippen LogP contribution in [0.3, 0.4) is 0 Å². The molecule has 0 spiro atoms. The van der Waals surface area contributed by atoms with Gasteiger partial charge in [-0.3, -0.25) is 0 Å². The van der Waals surface area contributed by atoms with Crippen molar-refractivity contribution in [3.05, 3.63) is 40.5 Å². The minimum atomic E-state index is 0.421. The third kappa shape index (κ3) is 3.39. The van der Waals surface area contributed by atoms with E-state index in [0.29, 0.717) is 36.9 Å². The van der Waals surface area contributed by atoms with Crippen molar-refractivity contribution in [1.82, 2.24) is 35.1 Å². The molecule has 0 aliphatic heterocycles. The predicted molar refractivity (Wildman–Crippen MR) is 93.7 cm³/mol. The average Bonchev–Trinajstić information content (AvgIpc) is 3.36. The third-order valence-corrected chi connectivity index (χ3v) is 4.52. The number of thiazole rings is 1. The van der Waals surface area contributed by atoms with Crippen LogP contribution in [0.15, 0.2) is 22.6 Å². The first-order valence-corrected chi connectivity index (χ1v) is 8.70. The van der Waals surface area contributed by atoms with Gasteiger partial charge in [-0.05, 0) is 0 Å². The summed E-state index contributed by atoms with van der Waals surface area (Å²) in [4.78, 5) is 26.4. The molecule has 4 rings (SSSR count). The van der Waals surface area contributed by atoms with E-state index in [-0.39, 0.29) is 0 Å². The molecule has 4 aromatic heterocycles. The molecule has 0 aromatic carbocycles. The van der Waals surface area contributed by atoms with E-state index < -0.39 is 0 Å². The van der Waals surface area contributed by atoms with Gasteiger partial charge in [-0.1, -0.05) is 5.16 Å². The number of hydrogen-bond acceptors (Lipinski definition) is 10. The lowest BCUT2D eigenvalue weighted by Crippen LogP contribution is -2.18. The van der Waals surface area contributed by atoms with Crippen molar-refractivity contribution in [3.63, 3.8) is 0 Å². The first-order chi connectivity index (χ1) is 12.7. The highest BCUT2D eigenvalue weighted by Gasteiger charge is 2.15. The Morgan fingerprint density at radius 3 is 3.08 bits per heavy atom. The van der Waals surface area contributed by atoms with Crippen LogP contribution in [0.2, 0.25) is 0 Å². The number of H-pyrrole nitrogens is 1. The molecule has 10 nitrogen and oxygen atoms in total. The lowest BCUT2D eigenvalue weighted by Gasteiger charge is -2.15. The predicted octanol–water partition coefficient (Wildman–Crippen LogP) is 1.57. The van der Waals surface area contributed by atoms with E-state index in [9.17, 15) is 0 Å². The summed E-state index contributed by atoms with van der Waals surface area (Å²) in [5.74, 6) is 1.81. The summed E-state index contributed by atoms with van der Waals surface area (Å²) < 4.78 is 10.4. The number of imidazole rings is 1. The van der Waals surface area contributed by atoms with Crippen molar-refractivity contribution in [2.45, 2.75) is 19.6 Å². The van der Waals surface area contributed by atoms with Crippen LogP contribution < -0.4 is 4.90 Å². The van der Waals surface area contributed by atoms with Crippen LogP contribution in [-0.4, -0.2) is 49.2 Å². The smallest absolute Gasteiger partial charge is 0.246 e. The highest BCUT2D eigenvalue weighted by Crippen LogP contribution is 2.20. The number of nitrogens with one attached hydrogen (secondary N) is 1. The Labute approximate surface area is 152 Å². The Bertz CT molecular complexity index is 1010. The van der Waals surface area contributed by atoms with Crippen LogP contribution in [0.25, 0.3) is 11.2 Å². The molecule has 1 N–H and O–H groups in total. The van der Waals surface area contributed by atoms with Gasteiger partial charge in [0.1, 0.15) is 16.9 Å². The van der Waals surface area contributed by atoms with Gasteiger partial charge < -0.3 is 19.1 Å². The molecular formula is C15H16N8O2S. The van der Waals surface area contributed by atoms with Gasteiger partial charge >= 0.3 is 0 Å². The molecule has 0 saturated heterocycles. The number of rotatable bonds is 7. The minimum absolute atomic E-state index is 0.421. The lowest BCUT2D eigenvalue weighted by atomic mass is 10.3. The van der Waals surface area contributed by atoms with E-state index in [0.717, 1.165) is 22.0 Å². The molecule has 0 aliphatic carbocycles. The molecule has 134 valence electrons. The van der Waals surface area contributed by atoms with Gasteiger partial charge in [-0.15, -0.1) is 11.3 Å². The van der Waals surface area contributed by atoms with Crippen molar-refractivity contribution >= 4 is 28.3 Å². The van der Waals surface area contributed by atoms with Crippen molar-refractivity contribution in [2.24, 2.45) is 0 Å². The van der Waals surface area contributed by atoms with E-state index in [1.807, 2.05) is 17.3 Å². The molecule has 0 radical (unpaired) electrons. The molecule has 0 unspecified atom stereocenters. The maximum Gasteiger partial charge on any atom is 0.246 e. The third-order valence-electron chi connectivity index (χ3n) is 3.65. The van der Waals surface area contributed by atoms with E-state index in [2.05, 4.69) is 35.1 Å². The first kappa shape index (κ1) is 16.5. The van der Waals surface area contributed by atoms with E-state index in [4.69, 9.17) is 9.26 Å². The molecule has 4 aromatic rings. The number of ether oxygens (including phenoxy) is 1. The largest absolute Gasteiger partial charge is 0.378 e. The van der Waals surface area contributed by atoms with Gasteiger partial charge in [0, 0.05) is 19.5 Å². The fraction of sp³-hybridized carbons (Fsp3) is 0.333. The monoisotopic (exact) mass is 372 g/mol. The van der Waals surface area contributed by atoms with Crippen molar-refractivity contribution in [1.29, 1.82) is 0 Å². The van der Waals surface area contributed by atoms with Crippen LogP contribution in [0.1, 0.15) is 22.4 Å². The van der Waals surface area contributed by atoms with Gasteiger partial charge in [0.15, 0.2) is 17.3 Å². The molecule has 0 amide bonds. The normalized spacial score (nSPS) is 11.3. The summed E-state index contributed by atoms with van der Waals surface area (Å²) in [7, 11) is 3.54. The van der Waals surface area contributed by atoms with Crippen LogP contribution in [0.4, 0.5) is 5.82 Å². The number of aromatic nitrogens is 7. The van der Waals surface area contributed by atoms with Gasteiger partial charge in [0.05, 0.1) is 31.6 Å². The highest BCUT2D eigenvalue weighted by atomic mass is 32.1. The summed E-state index contributed by atoms with van der Waals surface area (Å²) in [6, 6.07) is 0. The molecular weight excluding hydrogens is 356 g/mol. The molecule has 0 atom stereocenters. The maximum atomic E-state index is 5.36. The van der Waals surface area contributed by atoms with Crippen LogP contribution in [0.5, 0.6) is 0 Å². The number of nitrogens with zero attached hydrogens (tertiary/aromatic N) is 7. The van der Waals surface area contributed by atoms with Crippen LogP contribution in [-0.2, 0) is 24.3 Å². The second-order valence-electron chi connectivity index (χ2n) is 5.60. The molecule has 11 heteroatoms. The number of methoxy groups -OCH3 is 1. The van der Waals surface area contributed by atoms with E-state index in [1.54, 1.807) is 24.8 Å². The second-order valence-corrected chi connectivity index (χ2v) is 6.54. The van der Waals surface area contributed by atoms with Gasteiger partial charge in [-0.2, -0.15) is 4.98 Å². The minimum Gasteiger partial charge on any atom is -0.378 e. The quantitative estimate of drug-likeness (QED) is 0.515. The number of fused-ring (bicyclic) bond motifs is 1. The lowest BCUT2D eigenvalue weighted by molar-refractivity contribution is 0.184. The molecule has 0 fully saturated rings. The number of hydrogen-bond donors (Lipinski definition) is 1. The maximum absolute atomic E-state index is 5.36. The fourth-order valence-corrected chi connectivity index (χ4v) is 3.29. The van der Waals surface area contributed by atoms with Crippen LogP contribution >= 0.6 is 11.3 Å². The average molecular weight is 372 g/mol. The summed E-state index contributed by atoms with van der Waals surface area (Å²) in [6.45, 7) is 0.929. The standard InChI is InChI=1S/C15H16N8O2S/c1-23(15-13-14(17-7-16-13)18-8-19-15)4-11-21-10(22-25-11)3-9-6-26-12(20-9)5-24-2/h6-8H,3-5H2,1-2H3,(H,16,17,18,19). The van der Waals surface area contributed by atoms with Gasteiger partial charge in [0.2, 0.25) is 5.89 Å². The molecule has 26 heavy (non-hydrogen) atoms. The summed E-state index contributed by atoms with van der Waals surface area (Å²) in [6.07, 6.45) is 3.59. The van der Waals surface area contributed by atoms with E-state index in [1.165, 1.54) is 6.33 Å². The fourth-order valence-electron chi connectivity index (χ4n) is 2.53. The first-order valence-electron chi connectivity index (χ1n) is 7.82. The van der Waals surface area contributed by atoms with E-state index >= 15 is 0 Å². The summed E-state index contributed by atoms with van der Waals surface area (Å²) in [5.41, 5.74) is 2.28. The van der Waals surface area contributed by atoms with Gasteiger partial charge in [-0.25, -0.2) is 19.9 Å². The van der Waals surface area contributed by atoms with Crippen molar-refractivity contribution in [3.8, 4) is 0 Å². The Hall–Kier alpha value is -2.92. The van der Waals surface area contributed by atoms with Crippen molar-refractivity contribution in [2.75, 3.05) is 19.1 Å². The van der Waals surface area contributed by atoms with Gasteiger partial charge in [0.25, 0.3) is 0 Å². The summed E-state index contributed by atoms with van der Waals surface area (Å²) >= 11 is 1.56. The Morgan fingerprint density at radius 1 is 1.27 bits per heavy atom. The zero-order valence-corrected chi connectivity index (χ0v) is 15.0. The molecule has 0 aliphatic rings. The number of aromatic amines is 1. The van der Waals surface area contributed by atoms with Crippen LogP contribution in [0, 0.1) is 0 Å². The Morgan fingerprint density at radius 2 is 2.19 bits per heavy atom. The zero-order valence-electron chi connectivity index (χ0n) is 14.2. The second kappa shape index (κ2) is 7.14. The van der Waals surface area contributed by atoms with Crippen molar-refractivity contribution < 1.29 is 9.26 Å². The summed E-state index contributed by atoms with van der Waals surface area (Å²) in [5, 5.41) is 6.94.